The lowest BCUT2D eigenvalue weighted by Crippen LogP contribution is -2.31. The van der Waals surface area contributed by atoms with Crippen molar-refractivity contribution >= 4 is 12.1 Å². The van der Waals surface area contributed by atoms with Gasteiger partial charge in [0.05, 0.1) is 0 Å². The summed E-state index contributed by atoms with van der Waals surface area (Å²) in [5, 5.41) is 2.74. The van der Waals surface area contributed by atoms with E-state index in [2.05, 4.69) is 10.1 Å². The molecular weight excluding hydrogens is 222 g/mol. The Morgan fingerprint density at radius 1 is 1.12 bits per heavy atom. The predicted molar refractivity (Wildman–Crippen MR) is 62.6 cm³/mol. The van der Waals surface area contributed by atoms with Crippen LogP contribution in [0.1, 0.15) is 39.0 Å². The molecule has 1 N–H and O–H groups in total. The first-order valence-electron chi connectivity index (χ1n) is 6.22. The maximum absolute atomic E-state index is 11.3. The average Bonchev–Trinajstić information content (AvgIpc) is 2.33. The smallest absolute Gasteiger partial charge is 0.407 e. The minimum absolute atomic E-state index is 0.107. The Morgan fingerprint density at radius 2 is 1.76 bits per heavy atom. The number of amides is 1. The molecule has 1 aliphatic carbocycles. The van der Waals surface area contributed by atoms with Gasteiger partial charge in [0.15, 0.2) is 0 Å². The van der Waals surface area contributed by atoms with E-state index in [9.17, 15) is 9.59 Å². The van der Waals surface area contributed by atoms with E-state index in [-0.39, 0.29) is 19.2 Å². The highest BCUT2D eigenvalue weighted by atomic mass is 16.6. The van der Waals surface area contributed by atoms with Crippen LogP contribution in [0.4, 0.5) is 4.79 Å². The number of carbonyl (C=O) groups is 2. The first-order valence-corrected chi connectivity index (χ1v) is 6.22. The molecule has 5 nitrogen and oxygen atoms in total. The van der Waals surface area contributed by atoms with Gasteiger partial charge < -0.3 is 14.8 Å². The number of hydrogen-bond donors (Lipinski definition) is 1. The Bertz CT molecular complexity index is 249. The molecule has 5 heteroatoms. The monoisotopic (exact) mass is 243 g/mol. The quantitative estimate of drug-likeness (QED) is 0.591. The van der Waals surface area contributed by atoms with Crippen molar-refractivity contribution in [2.24, 2.45) is 5.92 Å². The van der Waals surface area contributed by atoms with Gasteiger partial charge in [0.25, 0.3) is 0 Å². The van der Waals surface area contributed by atoms with E-state index in [1.165, 1.54) is 39.0 Å². The maximum atomic E-state index is 11.3. The van der Waals surface area contributed by atoms with Crippen LogP contribution in [0.15, 0.2) is 0 Å². The van der Waals surface area contributed by atoms with Gasteiger partial charge in [0.2, 0.25) is 0 Å². The second-order valence-electron chi connectivity index (χ2n) is 4.36. The van der Waals surface area contributed by atoms with Crippen LogP contribution in [-0.4, -0.2) is 31.8 Å². The largest absolute Gasteiger partial charge is 0.462 e. The Hall–Kier alpha value is -1.26. The number of carbonyl (C=O) groups excluding carboxylic acids is 2. The molecule has 0 aromatic carbocycles. The van der Waals surface area contributed by atoms with Crippen LogP contribution in [0.5, 0.6) is 0 Å². The van der Waals surface area contributed by atoms with E-state index in [4.69, 9.17) is 4.74 Å². The van der Waals surface area contributed by atoms with Crippen LogP contribution in [0.3, 0.4) is 0 Å². The summed E-state index contributed by atoms with van der Waals surface area (Å²) in [6.45, 7) is 2.23. The van der Waals surface area contributed by atoms with E-state index in [0.717, 1.165) is 0 Å². The number of rotatable bonds is 5. The third kappa shape index (κ3) is 6.81. The lowest BCUT2D eigenvalue weighted by Gasteiger charge is -2.21. The third-order valence-electron chi connectivity index (χ3n) is 2.88. The summed E-state index contributed by atoms with van der Waals surface area (Å²) in [6, 6.07) is 0. The highest BCUT2D eigenvalue weighted by molar-refractivity contribution is 5.67. The minimum atomic E-state index is -0.428. The fraction of sp³-hybridized carbons (Fsp3) is 0.833. The van der Waals surface area contributed by atoms with Crippen molar-refractivity contribution in [3.05, 3.63) is 0 Å². The van der Waals surface area contributed by atoms with Crippen molar-refractivity contribution in [2.75, 3.05) is 19.8 Å². The first-order chi connectivity index (χ1) is 8.18. The number of esters is 1. The van der Waals surface area contributed by atoms with E-state index in [1.54, 1.807) is 0 Å². The number of alkyl carbamates (subject to hydrolysis) is 1. The Morgan fingerprint density at radius 3 is 2.41 bits per heavy atom. The van der Waals surface area contributed by atoms with Gasteiger partial charge in [-0.1, -0.05) is 19.3 Å². The highest BCUT2D eigenvalue weighted by Crippen LogP contribution is 2.22. The molecule has 0 unspecified atom stereocenters. The summed E-state index contributed by atoms with van der Waals surface area (Å²) < 4.78 is 9.50. The summed E-state index contributed by atoms with van der Waals surface area (Å²) >= 11 is 0. The molecule has 0 saturated heterocycles. The molecule has 98 valence electrons. The molecule has 0 atom stereocenters. The molecule has 1 amide bonds. The van der Waals surface area contributed by atoms with Gasteiger partial charge in [-0.05, 0) is 18.8 Å². The van der Waals surface area contributed by atoms with Crippen molar-refractivity contribution in [1.82, 2.24) is 5.32 Å². The lowest BCUT2D eigenvalue weighted by molar-refractivity contribution is -0.141. The zero-order chi connectivity index (χ0) is 12.5. The highest BCUT2D eigenvalue weighted by Gasteiger charge is 2.14. The van der Waals surface area contributed by atoms with Gasteiger partial charge in [-0.3, -0.25) is 4.79 Å². The molecule has 1 rings (SSSR count). The SMILES string of the molecule is CC(=O)OCCOC(=O)NCC1CCCCC1. The topological polar surface area (TPSA) is 64.6 Å². The molecule has 0 aromatic rings. The van der Waals surface area contributed by atoms with Gasteiger partial charge in [-0.15, -0.1) is 0 Å². The summed E-state index contributed by atoms with van der Waals surface area (Å²) in [5.41, 5.74) is 0. The maximum Gasteiger partial charge on any atom is 0.407 e. The molecule has 0 aromatic heterocycles. The molecule has 0 aliphatic heterocycles. The lowest BCUT2D eigenvalue weighted by atomic mass is 9.89. The number of hydrogen-bond acceptors (Lipinski definition) is 4. The normalized spacial score (nSPS) is 16.3. The molecule has 0 spiro atoms. The van der Waals surface area contributed by atoms with Gasteiger partial charge >= 0.3 is 12.1 Å². The molecular formula is C12H21NO4. The summed E-state index contributed by atoms with van der Waals surface area (Å²) in [4.78, 5) is 21.7. The van der Waals surface area contributed by atoms with Gasteiger partial charge in [-0.25, -0.2) is 4.79 Å². The molecule has 17 heavy (non-hydrogen) atoms. The third-order valence-corrected chi connectivity index (χ3v) is 2.88. The Kier molecular flexibility index (Phi) is 6.43. The zero-order valence-electron chi connectivity index (χ0n) is 10.4. The fourth-order valence-electron chi connectivity index (χ4n) is 1.99. The summed E-state index contributed by atoms with van der Waals surface area (Å²) in [6.07, 6.45) is 5.77. The van der Waals surface area contributed by atoms with Crippen LogP contribution >= 0.6 is 0 Å². The molecule has 0 radical (unpaired) electrons. The van der Waals surface area contributed by atoms with E-state index in [1.807, 2.05) is 0 Å². The van der Waals surface area contributed by atoms with Crippen LogP contribution in [0.2, 0.25) is 0 Å². The van der Waals surface area contributed by atoms with Crippen LogP contribution in [0.25, 0.3) is 0 Å². The zero-order valence-corrected chi connectivity index (χ0v) is 10.4. The second kappa shape index (κ2) is 7.92. The van der Waals surface area contributed by atoms with Crippen molar-refractivity contribution in [3.63, 3.8) is 0 Å². The summed E-state index contributed by atoms with van der Waals surface area (Å²) in [7, 11) is 0. The fourth-order valence-corrected chi connectivity index (χ4v) is 1.99. The van der Waals surface area contributed by atoms with Gasteiger partial charge in [0.1, 0.15) is 13.2 Å². The second-order valence-corrected chi connectivity index (χ2v) is 4.36. The van der Waals surface area contributed by atoms with Crippen molar-refractivity contribution < 1.29 is 19.1 Å². The molecule has 0 heterocycles. The predicted octanol–water partition coefficient (Wildman–Crippen LogP) is 1.86. The standard InChI is InChI=1S/C12H21NO4/c1-10(14)16-7-8-17-12(15)13-9-11-5-3-2-4-6-11/h11H,2-9H2,1H3,(H,13,15). The van der Waals surface area contributed by atoms with Gasteiger partial charge in [-0.2, -0.15) is 0 Å². The van der Waals surface area contributed by atoms with E-state index in [0.29, 0.717) is 12.5 Å². The van der Waals surface area contributed by atoms with E-state index < -0.39 is 6.09 Å². The van der Waals surface area contributed by atoms with E-state index >= 15 is 0 Å². The van der Waals surface area contributed by atoms with Gasteiger partial charge in [0, 0.05) is 13.5 Å². The first kappa shape index (κ1) is 13.8. The Labute approximate surface area is 102 Å². The average molecular weight is 243 g/mol. The van der Waals surface area contributed by atoms with Crippen LogP contribution < -0.4 is 5.32 Å². The molecule has 0 bridgehead atoms. The number of ether oxygens (including phenoxy) is 2. The molecule has 1 aliphatic rings. The minimum Gasteiger partial charge on any atom is -0.462 e. The van der Waals surface area contributed by atoms with Crippen molar-refractivity contribution in [1.29, 1.82) is 0 Å². The summed E-state index contributed by atoms with van der Waals surface area (Å²) in [5.74, 6) is 0.223. The molecule has 1 fully saturated rings. The van der Waals surface area contributed by atoms with Crippen molar-refractivity contribution in [2.45, 2.75) is 39.0 Å². The van der Waals surface area contributed by atoms with Crippen molar-refractivity contribution in [3.8, 4) is 0 Å². The van der Waals surface area contributed by atoms with Crippen LogP contribution in [-0.2, 0) is 14.3 Å². The van der Waals surface area contributed by atoms with Crippen LogP contribution in [0, 0.1) is 5.92 Å². The molecule has 1 saturated carbocycles. The Balaban J connectivity index is 1.98. The number of nitrogens with one attached hydrogen (secondary N) is 1.